The van der Waals surface area contributed by atoms with Crippen molar-refractivity contribution in [2.45, 2.75) is 46.1 Å². The van der Waals surface area contributed by atoms with Crippen molar-refractivity contribution in [2.75, 3.05) is 0 Å². The van der Waals surface area contributed by atoms with Crippen molar-refractivity contribution in [2.24, 2.45) is 0 Å². The van der Waals surface area contributed by atoms with E-state index in [-0.39, 0.29) is 17.3 Å². The molecule has 0 saturated carbocycles. The molecule has 0 radical (unpaired) electrons. The molecule has 1 aromatic rings. The van der Waals surface area contributed by atoms with Crippen LogP contribution in [-0.4, -0.2) is 9.78 Å². The summed E-state index contributed by atoms with van der Waals surface area (Å²) in [5.74, 6) is -0.207. The Kier molecular flexibility index (Phi) is 2.46. The third-order valence-corrected chi connectivity index (χ3v) is 1.95. The van der Waals surface area contributed by atoms with Crippen LogP contribution in [0.1, 0.15) is 46.4 Å². The molecule has 0 saturated heterocycles. The van der Waals surface area contributed by atoms with Crippen molar-refractivity contribution in [3.63, 3.8) is 0 Å². The Morgan fingerprint density at radius 3 is 2.23 bits per heavy atom. The second-order valence-electron chi connectivity index (χ2n) is 4.63. The standard InChI is InChI=1S/C10H17FN2/c1-7(2)13-9(10(3,4)5)8(11)6-12-13/h6-7H,1-5H3. The number of nitrogens with zero attached hydrogens (tertiary/aromatic N) is 2. The first-order chi connectivity index (χ1) is 5.84. The van der Waals surface area contributed by atoms with Gasteiger partial charge >= 0.3 is 0 Å². The van der Waals surface area contributed by atoms with Crippen LogP contribution < -0.4 is 0 Å². The van der Waals surface area contributed by atoms with Gasteiger partial charge < -0.3 is 0 Å². The molecule has 13 heavy (non-hydrogen) atoms. The van der Waals surface area contributed by atoms with Gasteiger partial charge in [-0.2, -0.15) is 5.10 Å². The van der Waals surface area contributed by atoms with Gasteiger partial charge in [0, 0.05) is 11.5 Å². The molecule has 0 amide bonds. The van der Waals surface area contributed by atoms with Crippen LogP contribution in [0, 0.1) is 5.82 Å². The highest BCUT2D eigenvalue weighted by Crippen LogP contribution is 2.26. The van der Waals surface area contributed by atoms with Crippen molar-refractivity contribution in [1.82, 2.24) is 9.78 Å². The molecule has 74 valence electrons. The van der Waals surface area contributed by atoms with Gasteiger partial charge in [-0.25, -0.2) is 4.39 Å². The second kappa shape index (κ2) is 3.13. The van der Waals surface area contributed by atoms with Crippen LogP contribution in [0.4, 0.5) is 4.39 Å². The van der Waals surface area contributed by atoms with E-state index in [2.05, 4.69) is 5.10 Å². The Morgan fingerprint density at radius 1 is 1.38 bits per heavy atom. The minimum Gasteiger partial charge on any atom is -0.264 e. The predicted molar refractivity (Wildman–Crippen MR) is 51.3 cm³/mol. The average Bonchev–Trinajstić information content (AvgIpc) is 2.28. The minimum atomic E-state index is -0.207. The summed E-state index contributed by atoms with van der Waals surface area (Å²) in [6.45, 7) is 9.98. The second-order valence-corrected chi connectivity index (χ2v) is 4.63. The first kappa shape index (κ1) is 10.2. The van der Waals surface area contributed by atoms with Crippen molar-refractivity contribution in [3.05, 3.63) is 17.7 Å². The molecular weight excluding hydrogens is 167 g/mol. The highest BCUT2D eigenvalue weighted by molar-refractivity contribution is 5.15. The molecule has 1 rings (SSSR count). The smallest absolute Gasteiger partial charge is 0.164 e. The molecule has 1 aromatic heterocycles. The van der Waals surface area contributed by atoms with Crippen molar-refractivity contribution in [3.8, 4) is 0 Å². The van der Waals surface area contributed by atoms with Crippen LogP contribution in [0.25, 0.3) is 0 Å². The number of hydrogen-bond acceptors (Lipinski definition) is 1. The average molecular weight is 184 g/mol. The summed E-state index contributed by atoms with van der Waals surface area (Å²) >= 11 is 0. The lowest BCUT2D eigenvalue weighted by atomic mass is 9.91. The Hall–Kier alpha value is -0.860. The maximum Gasteiger partial charge on any atom is 0.164 e. The normalized spacial score (nSPS) is 12.5. The largest absolute Gasteiger partial charge is 0.264 e. The Bertz CT molecular complexity index is 294. The van der Waals surface area contributed by atoms with Gasteiger partial charge in [0.05, 0.1) is 11.9 Å². The molecule has 0 spiro atoms. The molecular formula is C10H17FN2. The lowest BCUT2D eigenvalue weighted by Gasteiger charge is -2.22. The summed E-state index contributed by atoms with van der Waals surface area (Å²) in [5.41, 5.74) is 0.493. The Labute approximate surface area is 78.8 Å². The van der Waals surface area contributed by atoms with Gasteiger partial charge in [-0.3, -0.25) is 4.68 Å². The van der Waals surface area contributed by atoms with Gasteiger partial charge in [0.2, 0.25) is 0 Å². The number of halogens is 1. The van der Waals surface area contributed by atoms with E-state index >= 15 is 0 Å². The lowest BCUT2D eigenvalue weighted by Crippen LogP contribution is -2.21. The SMILES string of the molecule is CC(C)n1ncc(F)c1C(C)(C)C. The summed E-state index contributed by atoms with van der Waals surface area (Å²) in [6, 6.07) is 0.207. The van der Waals surface area contributed by atoms with Crippen LogP contribution in [0.3, 0.4) is 0 Å². The first-order valence-electron chi connectivity index (χ1n) is 4.57. The quantitative estimate of drug-likeness (QED) is 0.656. The Balaban J connectivity index is 3.25. The van der Waals surface area contributed by atoms with Crippen LogP contribution in [0.15, 0.2) is 6.20 Å². The zero-order chi connectivity index (χ0) is 10.2. The maximum atomic E-state index is 13.4. The third-order valence-electron chi connectivity index (χ3n) is 1.95. The molecule has 0 aliphatic heterocycles. The van der Waals surface area contributed by atoms with Gasteiger partial charge in [-0.05, 0) is 13.8 Å². The van der Waals surface area contributed by atoms with Gasteiger partial charge in [-0.15, -0.1) is 0 Å². The van der Waals surface area contributed by atoms with Gasteiger partial charge in [0.25, 0.3) is 0 Å². The molecule has 3 heteroatoms. The van der Waals surface area contributed by atoms with Crippen molar-refractivity contribution in [1.29, 1.82) is 0 Å². The fourth-order valence-electron chi connectivity index (χ4n) is 1.43. The number of hydrogen-bond donors (Lipinski definition) is 0. The first-order valence-corrected chi connectivity index (χ1v) is 4.57. The zero-order valence-corrected chi connectivity index (χ0v) is 8.93. The van der Waals surface area contributed by atoms with Gasteiger partial charge in [-0.1, -0.05) is 20.8 Å². The fourth-order valence-corrected chi connectivity index (χ4v) is 1.43. The van der Waals surface area contributed by atoms with E-state index in [9.17, 15) is 4.39 Å². The van der Waals surface area contributed by atoms with E-state index < -0.39 is 0 Å². The van der Waals surface area contributed by atoms with Crippen LogP contribution in [0.5, 0.6) is 0 Å². The monoisotopic (exact) mass is 184 g/mol. The molecule has 2 nitrogen and oxygen atoms in total. The van der Waals surface area contributed by atoms with Crippen LogP contribution in [0.2, 0.25) is 0 Å². The molecule has 1 heterocycles. The van der Waals surface area contributed by atoms with Gasteiger partial charge in [0.1, 0.15) is 0 Å². The molecule has 0 aliphatic rings. The molecule has 0 bridgehead atoms. The van der Waals surface area contributed by atoms with E-state index in [1.807, 2.05) is 34.6 Å². The number of rotatable bonds is 1. The van der Waals surface area contributed by atoms with Crippen molar-refractivity contribution >= 4 is 0 Å². The van der Waals surface area contributed by atoms with E-state index in [0.717, 1.165) is 0 Å². The van der Waals surface area contributed by atoms with Crippen LogP contribution in [-0.2, 0) is 5.41 Å². The topological polar surface area (TPSA) is 17.8 Å². The summed E-state index contributed by atoms with van der Waals surface area (Å²) in [4.78, 5) is 0. The maximum absolute atomic E-state index is 13.4. The van der Waals surface area contributed by atoms with Crippen molar-refractivity contribution < 1.29 is 4.39 Å². The molecule has 0 N–H and O–H groups in total. The van der Waals surface area contributed by atoms with E-state index in [4.69, 9.17) is 0 Å². The van der Waals surface area contributed by atoms with Gasteiger partial charge in [0.15, 0.2) is 5.82 Å². The molecule has 0 fully saturated rings. The molecule has 0 unspecified atom stereocenters. The summed E-state index contributed by atoms with van der Waals surface area (Å²) in [5, 5.41) is 4.02. The highest BCUT2D eigenvalue weighted by Gasteiger charge is 2.24. The zero-order valence-electron chi connectivity index (χ0n) is 8.93. The Morgan fingerprint density at radius 2 is 1.92 bits per heavy atom. The summed E-state index contributed by atoms with van der Waals surface area (Å²) in [7, 11) is 0. The predicted octanol–water partition coefficient (Wildman–Crippen LogP) is 2.90. The fraction of sp³-hybridized carbons (Fsp3) is 0.700. The number of aromatic nitrogens is 2. The molecule has 0 aliphatic carbocycles. The summed E-state index contributed by atoms with van der Waals surface area (Å²) < 4.78 is 15.1. The minimum absolute atomic E-state index is 0.190. The molecule has 0 atom stereocenters. The van der Waals surface area contributed by atoms with E-state index in [1.54, 1.807) is 4.68 Å². The van der Waals surface area contributed by atoms with E-state index in [0.29, 0.717) is 5.69 Å². The third kappa shape index (κ3) is 1.90. The lowest BCUT2D eigenvalue weighted by molar-refractivity contribution is 0.426. The van der Waals surface area contributed by atoms with E-state index in [1.165, 1.54) is 6.20 Å². The summed E-state index contributed by atoms with van der Waals surface area (Å²) in [6.07, 6.45) is 1.29. The van der Waals surface area contributed by atoms with Crippen LogP contribution >= 0.6 is 0 Å². The molecule has 0 aromatic carbocycles. The highest BCUT2D eigenvalue weighted by atomic mass is 19.1.